The quantitative estimate of drug-likeness (QED) is 0.801. The largest absolute Gasteiger partial charge is 0.395 e. The average Bonchev–Trinajstić information content (AvgIpc) is 2.22. The van der Waals surface area contributed by atoms with Crippen molar-refractivity contribution < 1.29 is 5.11 Å². The molecular weight excluding hydrogens is 264 g/mol. The van der Waals surface area contributed by atoms with Gasteiger partial charge in [0, 0.05) is 22.5 Å². The van der Waals surface area contributed by atoms with Crippen LogP contribution in [0.4, 0.5) is 0 Å². The normalized spacial score (nSPS) is 12.8. The predicted octanol–water partition coefficient (Wildman–Crippen LogP) is 1.52. The first-order chi connectivity index (χ1) is 6.76. The number of nitrogens with one attached hydrogen (secondary N) is 1. The summed E-state index contributed by atoms with van der Waals surface area (Å²) in [6.45, 7) is 0.153. The molecule has 1 atom stereocenters. The van der Waals surface area contributed by atoms with Crippen LogP contribution in [0.25, 0.3) is 0 Å². The third kappa shape index (κ3) is 3.96. The second kappa shape index (κ2) is 6.40. The summed E-state index contributed by atoms with van der Waals surface area (Å²) in [5.74, 6) is 0.821. The molecular formula is C9H13BrN2OS. The molecule has 0 aliphatic carbocycles. The number of aromatic nitrogens is 1. The molecule has 0 fully saturated rings. The second-order valence-electron chi connectivity index (χ2n) is 2.79. The lowest BCUT2D eigenvalue weighted by atomic mass is 10.4. The van der Waals surface area contributed by atoms with Gasteiger partial charge in [-0.2, -0.15) is 0 Å². The summed E-state index contributed by atoms with van der Waals surface area (Å²) in [4.78, 5) is 4.23. The molecule has 0 bridgehead atoms. The molecule has 0 aliphatic rings. The number of nitrogens with zero attached hydrogens (tertiary/aromatic N) is 1. The highest BCUT2D eigenvalue weighted by atomic mass is 79.9. The van der Waals surface area contributed by atoms with Crippen LogP contribution < -0.4 is 5.32 Å². The van der Waals surface area contributed by atoms with E-state index in [0.717, 1.165) is 15.3 Å². The monoisotopic (exact) mass is 276 g/mol. The van der Waals surface area contributed by atoms with Gasteiger partial charge in [0.15, 0.2) is 0 Å². The van der Waals surface area contributed by atoms with Crippen LogP contribution in [0, 0.1) is 0 Å². The Bertz CT molecular complexity index is 264. The van der Waals surface area contributed by atoms with Crippen LogP contribution in [0.5, 0.6) is 0 Å². The van der Waals surface area contributed by atoms with Gasteiger partial charge in [-0.25, -0.2) is 4.98 Å². The fourth-order valence-electron chi connectivity index (χ4n) is 0.861. The number of hydrogen-bond donors (Lipinski definition) is 2. The number of pyridine rings is 1. The minimum absolute atomic E-state index is 0.130. The zero-order valence-corrected chi connectivity index (χ0v) is 10.3. The number of thioether (sulfide) groups is 1. The second-order valence-corrected chi connectivity index (χ2v) is 4.75. The van der Waals surface area contributed by atoms with E-state index < -0.39 is 0 Å². The van der Waals surface area contributed by atoms with E-state index >= 15 is 0 Å². The molecule has 1 rings (SSSR count). The topological polar surface area (TPSA) is 45.1 Å². The standard InChI is InChI=1S/C9H13BrN2OS/c1-11-8(5-13)6-14-9-3-2-7(10)4-12-9/h2-4,8,11,13H,5-6H2,1H3. The molecule has 14 heavy (non-hydrogen) atoms. The molecule has 3 nitrogen and oxygen atoms in total. The lowest BCUT2D eigenvalue weighted by Crippen LogP contribution is -2.31. The first kappa shape index (κ1) is 12.0. The highest BCUT2D eigenvalue weighted by molar-refractivity contribution is 9.10. The van der Waals surface area contributed by atoms with Gasteiger partial charge in [0.2, 0.25) is 0 Å². The van der Waals surface area contributed by atoms with Crippen molar-refractivity contribution in [2.75, 3.05) is 19.4 Å². The van der Waals surface area contributed by atoms with Gasteiger partial charge in [-0.1, -0.05) is 0 Å². The van der Waals surface area contributed by atoms with E-state index in [1.807, 2.05) is 19.2 Å². The van der Waals surface area contributed by atoms with Gasteiger partial charge in [-0.3, -0.25) is 0 Å². The van der Waals surface area contributed by atoms with Crippen LogP contribution in [0.3, 0.4) is 0 Å². The average molecular weight is 277 g/mol. The lowest BCUT2D eigenvalue weighted by Gasteiger charge is -2.11. The molecule has 0 amide bonds. The number of hydrogen-bond acceptors (Lipinski definition) is 4. The molecule has 1 aromatic heterocycles. The van der Waals surface area contributed by atoms with Crippen molar-refractivity contribution >= 4 is 27.7 Å². The first-order valence-corrected chi connectivity index (χ1v) is 6.06. The Balaban J connectivity index is 2.41. The van der Waals surface area contributed by atoms with E-state index in [9.17, 15) is 0 Å². The van der Waals surface area contributed by atoms with E-state index in [1.165, 1.54) is 0 Å². The van der Waals surface area contributed by atoms with Crippen LogP contribution in [-0.2, 0) is 0 Å². The zero-order valence-electron chi connectivity index (χ0n) is 7.90. The third-order valence-corrected chi connectivity index (χ3v) is 3.34. The van der Waals surface area contributed by atoms with E-state index in [4.69, 9.17) is 5.11 Å². The number of halogens is 1. The molecule has 0 aromatic carbocycles. The van der Waals surface area contributed by atoms with Crippen molar-refractivity contribution in [1.29, 1.82) is 0 Å². The zero-order chi connectivity index (χ0) is 10.4. The maximum Gasteiger partial charge on any atom is 0.0961 e. The van der Waals surface area contributed by atoms with E-state index in [2.05, 4.69) is 26.2 Å². The smallest absolute Gasteiger partial charge is 0.0961 e. The lowest BCUT2D eigenvalue weighted by molar-refractivity contribution is 0.260. The van der Waals surface area contributed by atoms with Crippen LogP contribution in [-0.4, -0.2) is 35.5 Å². The van der Waals surface area contributed by atoms with Crippen LogP contribution in [0.1, 0.15) is 0 Å². The SMILES string of the molecule is CNC(CO)CSc1ccc(Br)cn1. The molecule has 78 valence electrons. The Hall–Kier alpha value is -0.100. The number of aliphatic hydroxyl groups is 1. The minimum atomic E-state index is 0.130. The molecule has 0 aliphatic heterocycles. The Labute approximate surface area is 96.4 Å². The van der Waals surface area contributed by atoms with E-state index in [-0.39, 0.29) is 12.6 Å². The van der Waals surface area contributed by atoms with Gasteiger partial charge in [-0.15, -0.1) is 11.8 Å². The van der Waals surface area contributed by atoms with Gasteiger partial charge in [0.05, 0.1) is 11.6 Å². The van der Waals surface area contributed by atoms with E-state index in [1.54, 1.807) is 18.0 Å². The molecule has 1 unspecified atom stereocenters. The van der Waals surface area contributed by atoms with E-state index in [0.29, 0.717) is 0 Å². The molecule has 0 radical (unpaired) electrons. The molecule has 2 N–H and O–H groups in total. The molecule has 0 saturated heterocycles. The highest BCUT2D eigenvalue weighted by Crippen LogP contribution is 2.17. The number of rotatable bonds is 5. The summed E-state index contributed by atoms with van der Waals surface area (Å²) in [5.41, 5.74) is 0. The number of likely N-dealkylation sites (N-methyl/N-ethyl adjacent to an activating group) is 1. The van der Waals surface area contributed by atoms with Crippen molar-refractivity contribution in [3.05, 3.63) is 22.8 Å². The highest BCUT2D eigenvalue weighted by Gasteiger charge is 2.05. The molecule has 0 saturated carbocycles. The van der Waals surface area contributed by atoms with Crippen molar-refractivity contribution in [2.45, 2.75) is 11.1 Å². The summed E-state index contributed by atoms with van der Waals surface area (Å²) in [6, 6.07) is 4.05. The summed E-state index contributed by atoms with van der Waals surface area (Å²) >= 11 is 4.96. The van der Waals surface area contributed by atoms with Gasteiger partial charge in [0.25, 0.3) is 0 Å². The van der Waals surface area contributed by atoms with Crippen molar-refractivity contribution in [3.63, 3.8) is 0 Å². The van der Waals surface area contributed by atoms with Crippen molar-refractivity contribution in [2.24, 2.45) is 0 Å². The van der Waals surface area contributed by atoms with Crippen LogP contribution in [0.15, 0.2) is 27.8 Å². The maximum absolute atomic E-state index is 8.94. The molecule has 5 heteroatoms. The molecule has 1 heterocycles. The van der Waals surface area contributed by atoms with Gasteiger partial charge < -0.3 is 10.4 Å². The van der Waals surface area contributed by atoms with Crippen molar-refractivity contribution in [3.8, 4) is 0 Å². The summed E-state index contributed by atoms with van der Waals surface area (Å²) in [5, 5.41) is 12.9. The predicted molar refractivity (Wildman–Crippen MR) is 62.6 cm³/mol. The fourth-order valence-corrected chi connectivity index (χ4v) is 2.03. The number of aliphatic hydroxyl groups excluding tert-OH is 1. The Morgan fingerprint density at radius 3 is 2.93 bits per heavy atom. The van der Waals surface area contributed by atoms with Crippen LogP contribution >= 0.6 is 27.7 Å². The van der Waals surface area contributed by atoms with Gasteiger partial charge in [-0.05, 0) is 35.1 Å². The minimum Gasteiger partial charge on any atom is -0.395 e. The molecule has 1 aromatic rings. The van der Waals surface area contributed by atoms with Crippen LogP contribution in [0.2, 0.25) is 0 Å². The summed E-state index contributed by atoms with van der Waals surface area (Å²) in [7, 11) is 1.84. The fraction of sp³-hybridized carbons (Fsp3) is 0.444. The molecule has 0 spiro atoms. The Morgan fingerprint density at radius 2 is 2.43 bits per heavy atom. The maximum atomic E-state index is 8.94. The van der Waals surface area contributed by atoms with Gasteiger partial charge in [0.1, 0.15) is 0 Å². The van der Waals surface area contributed by atoms with Crippen molar-refractivity contribution in [1.82, 2.24) is 10.3 Å². The third-order valence-electron chi connectivity index (χ3n) is 1.76. The Morgan fingerprint density at radius 1 is 1.64 bits per heavy atom. The van der Waals surface area contributed by atoms with Gasteiger partial charge >= 0.3 is 0 Å². The summed E-state index contributed by atoms with van der Waals surface area (Å²) in [6.07, 6.45) is 1.77. The first-order valence-electron chi connectivity index (χ1n) is 4.28. The summed E-state index contributed by atoms with van der Waals surface area (Å²) < 4.78 is 0.981. The Kier molecular flexibility index (Phi) is 5.47.